The van der Waals surface area contributed by atoms with Crippen molar-refractivity contribution in [2.24, 2.45) is 11.8 Å². The summed E-state index contributed by atoms with van der Waals surface area (Å²) in [6.07, 6.45) is 0. The van der Waals surface area contributed by atoms with Gasteiger partial charge in [-0.25, -0.2) is 0 Å². The summed E-state index contributed by atoms with van der Waals surface area (Å²) in [4.78, 5) is 25.6. The Balaban J connectivity index is 2.06. The third kappa shape index (κ3) is 2.41. The number of aliphatic hydroxyl groups excluding tert-OH is 1. The number of aliphatic hydroxyl groups is 1. The molecule has 2 atom stereocenters. The first-order chi connectivity index (χ1) is 13.6. The SMILES string of the molecule is CCNC(=O)C1C2c3ccccc3C(OCCO)(c3ccccc32)C1C(=O)O. The van der Waals surface area contributed by atoms with E-state index in [2.05, 4.69) is 5.32 Å². The minimum absolute atomic E-state index is 0.0285. The third-order valence-corrected chi connectivity index (χ3v) is 5.89. The molecule has 0 spiro atoms. The Labute approximate surface area is 163 Å². The van der Waals surface area contributed by atoms with Gasteiger partial charge < -0.3 is 20.3 Å². The normalized spacial score (nSPS) is 27.0. The van der Waals surface area contributed by atoms with Crippen LogP contribution in [0, 0.1) is 11.8 Å². The van der Waals surface area contributed by atoms with Crippen LogP contribution in [0.3, 0.4) is 0 Å². The molecule has 0 radical (unpaired) electrons. The number of hydrogen-bond donors (Lipinski definition) is 3. The van der Waals surface area contributed by atoms with Crippen molar-refractivity contribution in [2.75, 3.05) is 19.8 Å². The van der Waals surface area contributed by atoms with Crippen LogP contribution < -0.4 is 5.32 Å². The Morgan fingerprint density at radius 2 is 1.64 bits per heavy atom. The molecule has 2 unspecified atom stereocenters. The number of carbonyl (C=O) groups excluding carboxylic acids is 1. The zero-order valence-electron chi connectivity index (χ0n) is 15.6. The summed E-state index contributed by atoms with van der Waals surface area (Å²) >= 11 is 0. The van der Waals surface area contributed by atoms with Gasteiger partial charge in [0.25, 0.3) is 0 Å². The molecule has 146 valence electrons. The van der Waals surface area contributed by atoms with Gasteiger partial charge in [0.2, 0.25) is 5.91 Å². The highest BCUT2D eigenvalue weighted by atomic mass is 16.5. The van der Waals surface area contributed by atoms with Crippen molar-refractivity contribution in [2.45, 2.75) is 18.4 Å². The van der Waals surface area contributed by atoms with Gasteiger partial charge in [-0.15, -0.1) is 0 Å². The van der Waals surface area contributed by atoms with Crippen molar-refractivity contribution in [3.63, 3.8) is 0 Å². The molecule has 0 aromatic heterocycles. The zero-order chi connectivity index (χ0) is 19.9. The van der Waals surface area contributed by atoms with Crippen LogP contribution in [0.1, 0.15) is 35.1 Å². The summed E-state index contributed by atoms with van der Waals surface area (Å²) < 4.78 is 6.18. The van der Waals surface area contributed by atoms with E-state index in [0.29, 0.717) is 6.54 Å². The van der Waals surface area contributed by atoms with E-state index >= 15 is 0 Å². The maximum Gasteiger partial charge on any atom is 0.311 e. The van der Waals surface area contributed by atoms with Crippen molar-refractivity contribution in [3.05, 3.63) is 70.8 Å². The molecule has 3 aliphatic rings. The van der Waals surface area contributed by atoms with Gasteiger partial charge >= 0.3 is 5.97 Å². The Hall–Kier alpha value is -2.70. The van der Waals surface area contributed by atoms with Crippen LogP contribution >= 0.6 is 0 Å². The minimum atomic E-state index is -1.33. The fraction of sp³-hybridized carbons (Fsp3) is 0.364. The molecule has 2 aromatic rings. The first-order valence-electron chi connectivity index (χ1n) is 9.52. The third-order valence-electron chi connectivity index (χ3n) is 5.89. The fourth-order valence-corrected chi connectivity index (χ4v) is 5.07. The zero-order valence-corrected chi connectivity index (χ0v) is 15.6. The minimum Gasteiger partial charge on any atom is -0.481 e. The lowest BCUT2D eigenvalue weighted by atomic mass is 9.51. The molecule has 0 aliphatic heterocycles. The molecule has 28 heavy (non-hydrogen) atoms. The molecule has 5 rings (SSSR count). The van der Waals surface area contributed by atoms with Gasteiger partial charge in [-0.3, -0.25) is 9.59 Å². The van der Waals surface area contributed by atoms with Gasteiger partial charge in [0.15, 0.2) is 0 Å². The largest absolute Gasteiger partial charge is 0.481 e. The molecule has 0 saturated heterocycles. The number of carboxylic acid groups (broad SMARTS) is 1. The standard InChI is InChI=1S/C22H23NO5/c1-2-23-20(25)18-17-13-7-3-5-9-15(13)22(28-12-11-24,19(18)21(26)27)16-10-6-4-8-14(16)17/h3-10,17-19,24H,2,11-12H2,1H3,(H,23,25)(H,26,27). The number of benzene rings is 2. The second kappa shape index (κ2) is 7.04. The first-order valence-corrected chi connectivity index (χ1v) is 9.52. The fourth-order valence-electron chi connectivity index (χ4n) is 5.07. The van der Waals surface area contributed by atoms with Crippen LogP contribution in [0.2, 0.25) is 0 Å². The number of aliphatic carboxylic acids is 1. The molecule has 6 heteroatoms. The number of nitrogens with one attached hydrogen (secondary N) is 1. The van der Waals surface area contributed by atoms with Gasteiger partial charge in [0, 0.05) is 12.5 Å². The summed E-state index contributed by atoms with van der Waals surface area (Å²) in [6.45, 7) is 1.96. The maximum atomic E-state index is 13.1. The van der Waals surface area contributed by atoms with Gasteiger partial charge in [-0.2, -0.15) is 0 Å². The second-order valence-corrected chi connectivity index (χ2v) is 7.20. The van der Waals surface area contributed by atoms with E-state index in [9.17, 15) is 19.8 Å². The number of ether oxygens (including phenoxy) is 1. The predicted octanol–water partition coefficient (Wildman–Crippen LogP) is 1.85. The van der Waals surface area contributed by atoms with Gasteiger partial charge in [-0.1, -0.05) is 48.5 Å². The van der Waals surface area contributed by atoms with E-state index < -0.39 is 23.4 Å². The highest BCUT2D eigenvalue weighted by molar-refractivity contribution is 5.90. The molecule has 3 N–H and O–H groups in total. The monoisotopic (exact) mass is 381 g/mol. The topological polar surface area (TPSA) is 95.9 Å². The van der Waals surface area contributed by atoms with Crippen molar-refractivity contribution in [3.8, 4) is 0 Å². The molecule has 2 bridgehead atoms. The maximum absolute atomic E-state index is 13.1. The van der Waals surface area contributed by atoms with E-state index in [1.807, 2.05) is 55.5 Å². The predicted molar refractivity (Wildman–Crippen MR) is 102 cm³/mol. The van der Waals surface area contributed by atoms with E-state index in [-0.39, 0.29) is 25.0 Å². The van der Waals surface area contributed by atoms with Crippen molar-refractivity contribution in [1.29, 1.82) is 0 Å². The average molecular weight is 381 g/mol. The molecular weight excluding hydrogens is 358 g/mol. The summed E-state index contributed by atoms with van der Waals surface area (Å²) in [5.74, 6) is -3.63. The lowest BCUT2D eigenvalue weighted by Crippen LogP contribution is -2.60. The summed E-state index contributed by atoms with van der Waals surface area (Å²) in [5, 5.41) is 22.5. The summed E-state index contributed by atoms with van der Waals surface area (Å²) in [7, 11) is 0. The average Bonchev–Trinajstić information content (AvgIpc) is 2.71. The highest BCUT2D eigenvalue weighted by Gasteiger charge is 2.64. The molecule has 6 nitrogen and oxygen atoms in total. The van der Waals surface area contributed by atoms with E-state index in [1.54, 1.807) is 0 Å². The molecule has 0 saturated carbocycles. The van der Waals surface area contributed by atoms with E-state index in [4.69, 9.17) is 4.74 Å². The summed E-state index contributed by atoms with van der Waals surface area (Å²) in [6, 6.07) is 15.1. The Bertz CT molecular complexity index is 877. The molecule has 3 aliphatic carbocycles. The smallest absolute Gasteiger partial charge is 0.311 e. The Morgan fingerprint density at radius 3 is 2.14 bits per heavy atom. The van der Waals surface area contributed by atoms with Crippen LogP contribution in [0.25, 0.3) is 0 Å². The number of carbonyl (C=O) groups is 2. The molecule has 0 heterocycles. The number of rotatable bonds is 6. The van der Waals surface area contributed by atoms with Crippen molar-refractivity contribution in [1.82, 2.24) is 5.32 Å². The van der Waals surface area contributed by atoms with Crippen LogP contribution in [-0.2, 0) is 19.9 Å². The number of hydrogen-bond acceptors (Lipinski definition) is 4. The van der Waals surface area contributed by atoms with Crippen LogP contribution in [0.15, 0.2) is 48.5 Å². The van der Waals surface area contributed by atoms with Crippen LogP contribution in [0.5, 0.6) is 0 Å². The van der Waals surface area contributed by atoms with Crippen LogP contribution in [0.4, 0.5) is 0 Å². The van der Waals surface area contributed by atoms with Gasteiger partial charge in [-0.05, 0) is 29.2 Å². The molecule has 2 aromatic carbocycles. The number of amides is 1. The van der Waals surface area contributed by atoms with Gasteiger partial charge in [0.1, 0.15) is 11.5 Å². The molecule has 0 fully saturated rings. The molecule has 1 amide bonds. The van der Waals surface area contributed by atoms with Crippen molar-refractivity contribution < 1.29 is 24.5 Å². The Morgan fingerprint density at radius 1 is 1.07 bits per heavy atom. The van der Waals surface area contributed by atoms with E-state index in [1.165, 1.54) is 0 Å². The van der Waals surface area contributed by atoms with Crippen molar-refractivity contribution >= 4 is 11.9 Å². The molecular formula is C22H23NO5. The Kier molecular flexibility index (Phi) is 4.69. The number of fused-ring (bicyclic) bond motifs is 1. The van der Waals surface area contributed by atoms with E-state index in [0.717, 1.165) is 22.3 Å². The highest BCUT2D eigenvalue weighted by Crippen LogP contribution is 2.62. The second-order valence-electron chi connectivity index (χ2n) is 7.20. The van der Waals surface area contributed by atoms with Crippen LogP contribution in [-0.4, -0.2) is 41.8 Å². The first kappa shape index (κ1) is 18.7. The van der Waals surface area contributed by atoms with Gasteiger partial charge in [0.05, 0.1) is 19.1 Å². The quantitative estimate of drug-likeness (QED) is 0.710. The lowest BCUT2D eigenvalue weighted by molar-refractivity contribution is -0.171. The number of carboxylic acids is 1. The lowest BCUT2D eigenvalue weighted by Gasteiger charge is -2.55. The summed E-state index contributed by atoms with van der Waals surface area (Å²) in [5.41, 5.74) is 2.02.